The van der Waals surface area contributed by atoms with E-state index in [0.717, 1.165) is 24.5 Å². The Balaban J connectivity index is 1.57. The highest BCUT2D eigenvalue weighted by Crippen LogP contribution is 2.36. The summed E-state index contributed by atoms with van der Waals surface area (Å²) in [5, 5.41) is 2.88. The highest BCUT2D eigenvalue weighted by Gasteiger charge is 2.26. The maximum absolute atomic E-state index is 14.0. The minimum absolute atomic E-state index is 0.0225. The van der Waals surface area contributed by atoms with Gasteiger partial charge in [-0.3, -0.25) is 4.79 Å². The van der Waals surface area contributed by atoms with Gasteiger partial charge >= 0.3 is 0 Å². The molecule has 1 N–H and O–H groups in total. The van der Waals surface area contributed by atoms with Crippen molar-refractivity contribution in [2.75, 3.05) is 13.7 Å². The van der Waals surface area contributed by atoms with Gasteiger partial charge in [0, 0.05) is 29.7 Å². The molecule has 0 radical (unpaired) electrons. The SMILES string of the molecule is COc1ccc([C@H]2CNC(=O)C(=Cc3ccc(F)cc3F)C2)cc1OC1CCCC1. The van der Waals surface area contributed by atoms with E-state index in [1.165, 1.54) is 31.1 Å². The van der Waals surface area contributed by atoms with Crippen molar-refractivity contribution in [3.63, 3.8) is 0 Å². The fraction of sp³-hybridized carbons (Fsp3) is 0.375. The predicted molar refractivity (Wildman–Crippen MR) is 111 cm³/mol. The summed E-state index contributed by atoms with van der Waals surface area (Å²) in [6.45, 7) is 0.483. The van der Waals surface area contributed by atoms with Gasteiger partial charge in [0.05, 0.1) is 13.2 Å². The lowest BCUT2D eigenvalue weighted by Gasteiger charge is -2.26. The van der Waals surface area contributed by atoms with Crippen LogP contribution in [0.5, 0.6) is 11.5 Å². The number of ether oxygens (including phenoxy) is 2. The lowest BCUT2D eigenvalue weighted by molar-refractivity contribution is -0.118. The summed E-state index contributed by atoms with van der Waals surface area (Å²) in [5.41, 5.74) is 1.68. The molecule has 4 rings (SSSR count). The third-order valence-corrected chi connectivity index (χ3v) is 5.81. The van der Waals surface area contributed by atoms with Crippen LogP contribution >= 0.6 is 0 Å². The van der Waals surface area contributed by atoms with E-state index in [1.54, 1.807) is 7.11 Å². The van der Waals surface area contributed by atoms with E-state index in [-0.39, 0.29) is 23.5 Å². The number of rotatable bonds is 5. The number of carbonyl (C=O) groups excluding carboxylic acids is 1. The number of nitrogens with one attached hydrogen (secondary N) is 1. The molecule has 1 aliphatic heterocycles. The Morgan fingerprint density at radius 1 is 1.07 bits per heavy atom. The molecular weight excluding hydrogens is 388 g/mol. The zero-order chi connectivity index (χ0) is 21.1. The van der Waals surface area contributed by atoms with Gasteiger partial charge in [0.15, 0.2) is 11.5 Å². The van der Waals surface area contributed by atoms with Gasteiger partial charge < -0.3 is 14.8 Å². The van der Waals surface area contributed by atoms with Crippen molar-refractivity contribution in [2.24, 2.45) is 0 Å². The van der Waals surface area contributed by atoms with Gasteiger partial charge in [-0.25, -0.2) is 8.78 Å². The topological polar surface area (TPSA) is 47.6 Å². The summed E-state index contributed by atoms with van der Waals surface area (Å²) < 4.78 is 38.9. The highest BCUT2D eigenvalue weighted by atomic mass is 19.1. The second-order valence-corrected chi connectivity index (χ2v) is 7.88. The van der Waals surface area contributed by atoms with Crippen LogP contribution in [0, 0.1) is 11.6 Å². The molecule has 4 nitrogen and oxygen atoms in total. The van der Waals surface area contributed by atoms with Crippen LogP contribution in [0.25, 0.3) is 6.08 Å². The second kappa shape index (κ2) is 8.86. The van der Waals surface area contributed by atoms with Gasteiger partial charge in [-0.05, 0) is 68.0 Å². The molecular formula is C24H25F2NO3. The Kier molecular flexibility index (Phi) is 6.02. The Labute approximate surface area is 174 Å². The Bertz CT molecular complexity index is 967. The third kappa shape index (κ3) is 4.48. The van der Waals surface area contributed by atoms with Crippen LogP contribution < -0.4 is 14.8 Å². The minimum atomic E-state index is -0.686. The van der Waals surface area contributed by atoms with Gasteiger partial charge in [0.25, 0.3) is 0 Å². The van der Waals surface area contributed by atoms with Gasteiger partial charge in [0.1, 0.15) is 11.6 Å². The van der Waals surface area contributed by atoms with E-state index in [0.29, 0.717) is 30.0 Å². The maximum atomic E-state index is 14.0. The summed E-state index contributed by atoms with van der Waals surface area (Å²) in [6.07, 6.45) is 6.60. The minimum Gasteiger partial charge on any atom is -0.493 e. The first-order valence-corrected chi connectivity index (χ1v) is 10.3. The standard InChI is InChI=1S/C24H25F2NO3/c1-29-22-9-7-15(12-23(22)30-20-4-2-3-5-20)18-11-17(24(28)27-14-18)10-16-6-8-19(25)13-21(16)26/h6-10,12-13,18,20H,2-5,11,14H2,1H3,(H,27,28)/t18-/m1/s1. The molecule has 1 amide bonds. The molecule has 1 aliphatic carbocycles. The number of halogens is 2. The molecule has 2 aromatic carbocycles. The monoisotopic (exact) mass is 413 g/mol. The normalized spacial score (nSPS) is 21.0. The number of piperidine rings is 1. The van der Waals surface area contributed by atoms with E-state index in [1.807, 2.05) is 18.2 Å². The average Bonchev–Trinajstić information content (AvgIpc) is 3.24. The summed E-state index contributed by atoms with van der Waals surface area (Å²) in [6, 6.07) is 9.19. The first-order valence-electron chi connectivity index (χ1n) is 10.3. The molecule has 1 saturated heterocycles. The van der Waals surface area contributed by atoms with Gasteiger partial charge in [-0.2, -0.15) is 0 Å². The molecule has 2 fully saturated rings. The average molecular weight is 413 g/mol. The summed E-state index contributed by atoms with van der Waals surface area (Å²) in [5.74, 6) is -0.133. The Hall–Kier alpha value is -2.89. The number of methoxy groups -OCH3 is 1. The lowest BCUT2D eigenvalue weighted by Crippen LogP contribution is -2.35. The smallest absolute Gasteiger partial charge is 0.247 e. The number of benzene rings is 2. The molecule has 1 atom stereocenters. The van der Waals surface area contributed by atoms with Crippen LogP contribution in [0.1, 0.15) is 49.1 Å². The molecule has 2 aromatic rings. The molecule has 1 heterocycles. The number of carbonyl (C=O) groups is 1. The zero-order valence-corrected chi connectivity index (χ0v) is 16.9. The lowest BCUT2D eigenvalue weighted by atomic mass is 9.87. The van der Waals surface area contributed by atoms with Crippen LogP contribution in [0.4, 0.5) is 8.78 Å². The molecule has 2 aliphatic rings. The van der Waals surface area contributed by atoms with E-state index < -0.39 is 11.6 Å². The van der Waals surface area contributed by atoms with Crippen LogP contribution in [0.3, 0.4) is 0 Å². The first kappa shape index (κ1) is 20.4. The van der Waals surface area contributed by atoms with Crippen molar-refractivity contribution >= 4 is 12.0 Å². The van der Waals surface area contributed by atoms with Crippen LogP contribution in [-0.4, -0.2) is 25.7 Å². The van der Waals surface area contributed by atoms with Gasteiger partial charge in [0.2, 0.25) is 5.91 Å². The van der Waals surface area contributed by atoms with E-state index >= 15 is 0 Å². The fourth-order valence-electron chi connectivity index (χ4n) is 4.15. The number of hydrogen-bond acceptors (Lipinski definition) is 3. The van der Waals surface area contributed by atoms with E-state index in [9.17, 15) is 13.6 Å². The molecule has 30 heavy (non-hydrogen) atoms. The molecule has 0 unspecified atom stereocenters. The van der Waals surface area contributed by atoms with Crippen molar-refractivity contribution in [2.45, 2.75) is 44.1 Å². The van der Waals surface area contributed by atoms with Crippen LogP contribution in [-0.2, 0) is 4.79 Å². The Morgan fingerprint density at radius 3 is 2.60 bits per heavy atom. The molecule has 0 bridgehead atoms. The summed E-state index contributed by atoms with van der Waals surface area (Å²) >= 11 is 0. The Morgan fingerprint density at radius 2 is 1.87 bits per heavy atom. The van der Waals surface area contributed by atoms with Crippen LogP contribution in [0.15, 0.2) is 42.0 Å². The number of amides is 1. The molecule has 6 heteroatoms. The summed E-state index contributed by atoms with van der Waals surface area (Å²) in [7, 11) is 1.62. The number of hydrogen-bond donors (Lipinski definition) is 1. The van der Waals surface area contributed by atoms with Crippen molar-refractivity contribution < 1.29 is 23.0 Å². The van der Waals surface area contributed by atoms with Gasteiger partial charge in [-0.15, -0.1) is 0 Å². The van der Waals surface area contributed by atoms with Crippen molar-refractivity contribution in [1.29, 1.82) is 0 Å². The highest BCUT2D eigenvalue weighted by molar-refractivity contribution is 5.98. The largest absolute Gasteiger partial charge is 0.493 e. The predicted octanol–water partition coefficient (Wildman–Crippen LogP) is 4.98. The third-order valence-electron chi connectivity index (χ3n) is 5.81. The van der Waals surface area contributed by atoms with Crippen LogP contribution in [0.2, 0.25) is 0 Å². The van der Waals surface area contributed by atoms with Gasteiger partial charge in [-0.1, -0.05) is 6.07 Å². The van der Waals surface area contributed by atoms with E-state index in [4.69, 9.17) is 9.47 Å². The van der Waals surface area contributed by atoms with Crippen molar-refractivity contribution in [3.05, 3.63) is 64.7 Å². The first-order chi connectivity index (χ1) is 14.5. The summed E-state index contributed by atoms with van der Waals surface area (Å²) in [4.78, 5) is 12.3. The molecule has 0 spiro atoms. The molecule has 0 aromatic heterocycles. The molecule has 1 saturated carbocycles. The van der Waals surface area contributed by atoms with Crippen molar-refractivity contribution in [1.82, 2.24) is 5.32 Å². The molecule has 158 valence electrons. The maximum Gasteiger partial charge on any atom is 0.247 e. The second-order valence-electron chi connectivity index (χ2n) is 7.88. The van der Waals surface area contributed by atoms with Crippen molar-refractivity contribution in [3.8, 4) is 11.5 Å². The van der Waals surface area contributed by atoms with E-state index in [2.05, 4.69) is 5.32 Å². The zero-order valence-electron chi connectivity index (χ0n) is 16.9. The fourth-order valence-corrected chi connectivity index (χ4v) is 4.15. The quantitative estimate of drug-likeness (QED) is 0.703.